The van der Waals surface area contributed by atoms with Crippen molar-refractivity contribution in [3.63, 3.8) is 0 Å². The van der Waals surface area contributed by atoms with E-state index in [1.54, 1.807) is 0 Å². The Morgan fingerprint density at radius 3 is 2.00 bits per heavy atom. The molecule has 1 fully saturated rings. The summed E-state index contributed by atoms with van der Waals surface area (Å²) in [6, 6.07) is 0. The predicted molar refractivity (Wildman–Crippen MR) is 58.2 cm³/mol. The molecule has 10 heavy (non-hydrogen) atoms. The largest absolute Gasteiger partial charge is 0.0731 e. The van der Waals surface area contributed by atoms with Crippen LogP contribution in [0.25, 0.3) is 0 Å². The molecule has 0 aromatic heterocycles. The van der Waals surface area contributed by atoms with Gasteiger partial charge in [0.1, 0.15) is 0 Å². The standard InChI is InChI=1S/C6H12S4/c1-6(2,3)4-5-7-9-10-8-5/h5H,4H2,1-3H3. The van der Waals surface area contributed by atoms with E-state index in [-0.39, 0.29) is 0 Å². The van der Waals surface area contributed by atoms with Crippen LogP contribution in [0.1, 0.15) is 27.2 Å². The summed E-state index contributed by atoms with van der Waals surface area (Å²) in [4.78, 5) is 0. The first kappa shape index (κ1) is 9.49. The average Bonchev–Trinajstić information content (AvgIpc) is 2.12. The van der Waals surface area contributed by atoms with Crippen molar-refractivity contribution in [2.24, 2.45) is 5.41 Å². The minimum Gasteiger partial charge on any atom is -0.0663 e. The Morgan fingerprint density at radius 2 is 1.60 bits per heavy atom. The first-order valence-corrected chi connectivity index (χ1v) is 8.18. The maximum absolute atomic E-state index is 2.31. The van der Waals surface area contributed by atoms with Crippen LogP contribution in [-0.4, -0.2) is 4.58 Å². The zero-order valence-electron chi connectivity index (χ0n) is 6.42. The van der Waals surface area contributed by atoms with E-state index in [4.69, 9.17) is 0 Å². The van der Waals surface area contributed by atoms with Gasteiger partial charge in [0.15, 0.2) is 0 Å². The van der Waals surface area contributed by atoms with Gasteiger partial charge < -0.3 is 0 Å². The van der Waals surface area contributed by atoms with Gasteiger partial charge in [-0.1, -0.05) is 42.4 Å². The zero-order valence-corrected chi connectivity index (χ0v) is 9.68. The van der Waals surface area contributed by atoms with Crippen molar-refractivity contribution >= 4 is 41.2 Å². The molecule has 1 heterocycles. The third-order valence-corrected chi connectivity index (χ3v) is 8.83. The molecule has 0 atom stereocenters. The Morgan fingerprint density at radius 1 is 1.10 bits per heavy atom. The molecule has 0 aliphatic carbocycles. The van der Waals surface area contributed by atoms with Crippen LogP contribution in [0, 0.1) is 5.41 Å². The molecule has 0 radical (unpaired) electrons. The highest BCUT2D eigenvalue weighted by atomic mass is 33.7. The van der Waals surface area contributed by atoms with E-state index in [9.17, 15) is 0 Å². The molecule has 0 saturated carbocycles. The molecule has 0 nitrogen and oxygen atoms in total. The minimum absolute atomic E-state index is 0.496. The molecule has 0 spiro atoms. The van der Waals surface area contributed by atoms with Crippen molar-refractivity contribution in [2.75, 3.05) is 0 Å². The van der Waals surface area contributed by atoms with Crippen molar-refractivity contribution in [2.45, 2.75) is 31.8 Å². The molecule has 0 amide bonds. The number of hydrogen-bond acceptors (Lipinski definition) is 4. The van der Waals surface area contributed by atoms with E-state index >= 15 is 0 Å². The monoisotopic (exact) mass is 212 g/mol. The van der Waals surface area contributed by atoms with Gasteiger partial charge in [-0.05, 0) is 31.5 Å². The molecule has 0 aromatic carbocycles. The van der Waals surface area contributed by atoms with Gasteiger partial charge in [0.05, 0.1) is 4.58 Å². The lowest BCUT2D eigenvalue weighted by Crippen LogP contribution is -2.10. The third kappa shape index (κ3) is 3.69. The highest BCUT2D eigenvalue weighted by Crippen LogP contribution is 2.60. The normalized spacial score (nSPS) is 21.9. The van der Waals surface area contributed by atoms with Crippen LogP contribution in [0.3, 0.4) is 0 Å². The van der Waals surface area contributed by atoms with E-state index in [2.05, 4.69) is 20.8 Å². The lowest BCUT2D eigenvalue weighted by atomic mass is 9.93. The first-order chi connectivity index (χ1) is 4.58. The summed E-state index contributed by atoms with van der Waals surface area (Å²) in [5.41, 5.74) is 0.496. The molecule has 1 saturated heterocycles. The Balaban J connectivity index is 2.24. The van der Waals surface area contributed by atoms with E-state index in [1.165, 1.54) is 6.42 Å². The second kappa shape index (κ2) is 3.87. The van der Waals surface area contributed by atoms with Gasteiger partial charge in [-0.3, -0.25) is 0 Å². The minimum atomic E-state index is 0.496. The summed E-state index contributed by atoms with van der Waals surface area (Å²) in [5, 5.41) is 0. The van der Waals surface area contributed by atoms with Crippen LogP contribution in [0.4, 0.5) is 0 Å². The summed E-state index contributed by atoms with van der Waals surface area (Å²) in [5.74, 6) is 0. The smallest absolute Gasteiger partial charge is 0.0663 e. The Kier molecular flexibility index (Phi) is 3.68. The molecule has 1 aliphatic heterocycles. The van der Waals surface area contributed by atoms with Crippen LogP contribution >= 0.6 is 41.2 Å². The van der Waals surface area contributed by atoms with Crippen molar-refractivity contribution in [1.29, 1.82) is 0 Å². The lowest BCUT2D eigenvalue weighted by Gasteiger charge is -2.20. The highest BCUT2D eigenvalue weighted by Gasteiger charge is 2.24. The fourth-order valence-corrected chi connectivity index (χ4v) is 10.1. The molecule has 4 heteroatoms. The second-order valence-electron chi connectivity index (χ2n) is 3.52. The summed E-state index contributed by atoms with van der Waals surface area (Å²) >= 11 is 0. The SMILES string of the molecule is CC(C)(C)CC1SSSS1. The van der Waals surface area contributed by atoms with Gasteiger partial charge >= 0.3 is 0 Å². The predicted octanol–water partition coefficient (Wildman–Crippen LogP) is 4.44. The van der Waals surface area contributed by atoms with Crippen LogP contribution < -0.4 is 0 Å². The Labute approximate surface area is 78.3 Å². The van der Waals surface area contributed by atoms with Crippen LogP contribution in [-0.2, 0) is 0 Å². The van der Waals surface area contributed by atoms with Crippen molar-refractivity contribution in [3.8, 4) is 0 Å². The molecular weight excluding hydrogens is 200 g/mol. The molecule has 0 unspecified atom stereocenters. The zero-order chi connectivity index (χ0) is 7.61. The molecule has 60 valence electrons. The first-order valence-electron chi connectivity index (χ1n) is 3.23. The van der Waals surface area contributed by atoms with Crippen LogP contribution in [0.2, 0.25) is 0 Å². The number of rotatable bonds is 1. The van der Waals surface area contributed by atoms with E-state index < -0.39 is 0 Å². The van der Waals surface area contributed by atoms with Crippen molar-refractivity contribution in [1.82, 2.24) is 0 Å². The topological polar surface area (TPSA) is 0 Å². The summed E-state index contributed by atoms with van der Waals surface area (Å²) in [7, 11) is 7.86. The number of hydrogen-bond donors (Lipinski definition) is 0. The van der Waals surface area contributed by atoms with Gasteiger partial charge in [0.25, 0.3) is 0 Å². The average molecular weight is 212 g/mol. The van der Waals surface area contributed by atoms with Crippen molar-refractivity contribution in [3.05, 3.63) is 0 Å². The van der Waals surface area contributed by atoms with Crippen LogP contribution in [0.5, 0.6) is 0 Å². The van der Waals surface area contributed by atoms with Crippen molar-refractivity contribution < 1.29 is 0 Å². The fourth-order valence-electron chi connectivity index (χ4n) is 0.704. The second-order valence-corrected chi connectivity index (χ2v) is 10.0. The van der Waals surface area contributed by atoms with E-state index in [0.29, 0.717) is 5.41 Å². The third-order valence-electron chi connectivity index (χ3n) is 1.10. The lowest BCUT2D eigenvalue weighted by molar-refractivity contribution is 0.395. The Hall–Kier alpha value is 1.40. The van der Waals surface area contributed by atoms with E-state index in [0.717, 1.165) is 4.58 Å². The fraction of sp³-hybridized carbons (Fsp3) is 1.00. The van der Waals surface area contributed by atoms with Gasteiger partial charge in [-0.2, -0.15) is 0 Å². The van der Waals surface area contributed by atoms with Gasteiger partial charge in [0, 0.05) is 0 Å². The quantitative estimate of drug-likeness (QED) is 0.589. The Bertz CT molecular complexity index is 101. The van der Waals surface area contributed by atoms with Gasteiger partial charge in [-0.25, -0.2) is 0 Å². The molecular formula is C6H12S4. The molecule has 0 aromatic rings. The van der Waals surface area contributed by atoms with Crippen LogP contribution in [0.15, 0.2) is 0 Å². The molecule has 0 N–H and O–H groups in total. The maximum Gasteiger partial charge on any atom is 0.0731 e. The highest BCUT2D eigenvalue weighted by molar-refractivity contribution is 9.31. The van der Waals surface area contributed by atoms with Gasteiger partial charge in [0.2, 0.25) is 0 Å². The molecule has 1 aliphatic rings. The summed E-state index contributed by atoms with van der Waals surface area (Å²) < 4.78 is 0.815. The molecule has 0 bridgehead atoms. The summed E-state index contributed by atoms with van der Waals surface area (Å²) in [6.45, 7) is 6.92. The van der Waals surface area contributed by atoms with E-state index in [1.807, 2.05) is 41.2 Å². The summed E-state index contributed by atoms with van der Waals surface area (Å²) in [6.07, 6.45) is 1.32. The maximum atomic E-state index is 2.31. The molecule has 1 rings (SSSR count). The van der Waals surface area contributed by atoms with Gasteiger partial charge in [-0.15, -0.1) is 0 Å².